The lowest BCUT2D eigenvalue weighted by molar-refractivity contribution is 0.272. The van der Waals surface area contributed by atoms with Crippen LogP contribution in [-0.2, 0) is 0 Å². The first-order chi connectivity index (χ1) is 7.11. The first-order valence-electron chi connectivity index (χ1n) is 5.39. The van der Waals surface area contributed by atoms with Gasteiger partial charge in [-0.05, 0) is 17.5 Å². The summed E-state index contributed by atoms with van der Waals surface area (Å²) in [5.74, 6) is 1.49. The summed E-state index contributed by atoms with van der Waals surface area (Å²) in [6.07, 6.45) is 0. The van der Waals surface area contributed by atoms with Gasteiger partial charge in [0.1, 0.15) is 5.75 Å². The van der Waals surface area contributed by atoms with Crippen molar-refractivity contribution in [3.63, 3.8) is 0 Å². The maximum Gasteiger partial charge on any atom is 0.122 e. The van der Waals surface area contributed by atoms with Gasteiger partial charge in [-0.25, -0.2) is 0 Å². The average molecular weight is 208 g/mol. The molecule has 0 fully saturated rings. The first-order valence-corrected chi connectivity index (χ1v) is 5.39. The minimum absolute atomic E-state index is 0.164. The van der Waals surface area contributed by atoms with E-state index in [1.165, 1.54) is 11.1 Å². The summed E-state index contributed by atoms with van der Waals surface area (Å²) < 4.78 is 5.36. The predicted octanol–water partition coefficient (Wildman–Crippen LogP) is 2.91. The molecule has 1 aromatic rings. The van der Waals surface area contributed by atoms with Crippen LogP contribution in [0.5, 0.6) is 5.75 Å². The van der Waals surface area contributed by atoms with Crippen molar-refractivity contribution in [2.24, 2.45) is 0 Å². The largest absolute Gasteiger partial charge is 0.496 e. The van der Waals surface area contributed by atoms with Gasteiger partial charge in [-0.3, -0.25) is 0 Å². The van der Waals surface area contributed by atoms with Crippen LogP contribution in [-0.4, -0.2) is 18.8 Å². The summed E-state index contributed by atoms with van der Waals surface area (Å²) in [6.45, 7) is 6.49. The van der Waals surface area contributed by atoms with Crippen LogP contribution in [0.1, 0.15) is 43.7 Å². The fourth-order valence-corrected chi connectivity index (χ4v) is 1.88. The van der Waals surface area contributed by atoms with E-state index in [0.29, 0.717) is 5.92 Å². The van der Waals surface area contributed by atoms with E-state index in [-0.39, 0.29) is 12.5 Å². The Morgan fingerprint density at radius 1 is 1.27 bits per heavy atom. The van der Waals surface area contributed by atoms with Crippen molar-refractivity contribution < 1.29 is 9.84 Å². The number of ether oxygens (including phenoxy) is 1. The van der Waals surface area contributed by atoms with E-state index in [1.54, 1.807) is 7.11 Å². The van der Waals surface area contributed by atoms with Crippen LogP contribution in [0, 0.1) is 0 Å². The topological polar surface area (TPSA) is 29.5 Å². The van der Waals surface area contributed by atoms with Gasteiger partial charge in [-0.2, -0.15) is 0 Å². The molecule has 2 heteroatoms. The molecule has 0 aliphatic rings. The first kappa shape index (κ1) is 12.1. The molecule has 15 heavy (non-hydrogen) atoms. The van der Waals surface area contributed by atoms with Crippen LogP contribution in [0.2, 0.25) is 0 Å². The summed E-state index contributed by atoms with van der Waals surface area (Å²) in [7, 11) is 1.69. The summed E-state index contributed by atoms with van der Waals surface area (Å²) in [4.78, 5) is 0. The fraction of sp³-hybridized carbons (Fsp3) is 0.538. The lowest BCUT2D eigenvalue weighted by Gasteiger charge is -2.20. The highest BCUT2D eigenvalue weighted by Gasteiger charge is 2.16. The number of benzene rings is 1. The van der Waals surface area contributed by atoms with E-state index in [4.69, 9.17) is 4.74 Å². The molecule has 0 heterocycles. The van der Waals surface area contributed by atoms with Crippen LogP contribution in [0.25, 0.3) is 0 Å². The van der Waals surface area contributed by atoms with Crippen LogP contribution >= 0.6 is 0 Å². The van der Waals surface area contributed by atoms with Crippen molar-refractivity contribution >= 4 is 0 Å². The molecule has 1 atom stereocenters. The zero-order valence-electron chi connectivity index (χ0n) is 9.95. The normalized spacial score (nSPS) is 12.9. The number of aliphatic hydroxyl groups is 1. The molecule has 1 aromatic carbocycles. The third-order valence-electron chi connectivity index (χ3n) is 2.70. The molecule has 0 aromatic heterocycles. The Labute approximate surface area is 91.9 Å². The predicted molar refractivity (Wildman–Crippen MR) is 62.6 cm³/mol. The maximum atomic E-state index is 9.22. The van der Waals surface area contributed by atoms with Gasteiger partial charge in [0.25, 0.3) is 0 Å². The Morgan fingerprint density at radius 3 is 2.40 bits per heavy atom. The standard InChI is InChI=1S/C13H20O2/c1-9(2)13-11(10(3)8-14)6-5-7-12(13)15-4/h5-7,9-10,14H,8H2,1-4H3. The third-order valence-corrected chi connectivity index (χ3v) is 2.70. The Balaban J connectivity index is 3.25. The van der Waals surface area contributed by atoms with E-state index in [2.05, 4.69) is 19.9 Å². The zero-order valence-corrected chi connectivity index (χ0v) is 9.95. The van der Waals surface area contributed by atoms with Gasteiger partial charge in [0.2, 0.25) is 0 Å². The molecule has 0 radical (unpaired) electrons. The van der Waals surface area contributed by atoms with Gasteiger partial charge in [-0.15, -0.1) is 0 Å². The van der Waals surface area contributed by atoms with Crippen molar-refractivity contribution in [2.75, 3.05) is 13.7 Å². The molecule has 0 amide bonds. The Kier molecular flexibility index (Phi) is 4.15. The molecule has 84 valence electrons. The Morgan fingerprint density at radius 2 is 1.93 bits per heavy atom. The van der Waals surface area contributed by atoms with Crippen LogP contribution in [0.3, 0.4) is 0 Å². The average Bonchev–Trinajstić information content (AvgIpc) is 2.26. The number of hydrogen-bond acceptors (Lipinski definition) is 2. The molecule has 2 nitrogen and oxygen atoms in total. The molecule has 1 N–H and O–H groups in total. The summed E-state index contributed by atoms with van der Waals surface area (Å²) in [6, 6.07) is 6.02. The van der Waals surface area contributed by atoms with Crippen LogP contribution in [0.15, 0.2) is 18.2 Å². The molecule has 0 saturated heterocycles. The van der Waals surface area contributed by atoms with Gasteiger partial charge >= 0.3 is 0 Å². The van der Waals surface area contributed by atoms with Crippen molar-refractivity contribution in [2.45, 2.75) is 32.6 Å². The number of rotatable bonds is 4. The lowest BCUT2D eigenvalue weighted by atomic mass is 9.89. The summed E-state index contributed by atoms with van der Waals surface area (Å²) >= 11 is 0. The van der Waals surface area contributed by atoms with Gasteiger partial charge in [0.05, 0.1) is 7.11 Å². The zero-order chi connectivity index (χ0) is 11.4. The molecule has 0 aliphatic carbocycles. The molecule has 0 bridgehead atoms. The number of methoxy groups -OCH3 is 1. The second-order valence-electron chi connectivity index (χ2n) is 4.20. The molecule has 0 saturated carbocycles. The summed E-state index contributed by atoms with van der Waals surface area (Å²) in [5.41, 5.74) is 2.40. The van der Waals surface area contributed by atoms with E-state index < -0.39 is 0 Å². The Bertz CT molecular complexity index is 318. The highest BCUT2D eigenvalue weighted by atomic mass is 16.5. The van der Waals surface area contributed by atoms with E-state index >= 15 is 0 Å². The van der Waals surface area contributed by atoms with Gasteiger partial charge in [-0.1, -0.05) is 32.9 Å². The SMILES string of the molecule is COc1cccc(C(C)CO)c1C(C)C. The minimum atomic E-state index is 0.164. The van der Waals surface area contributed by atoms with Crippen LogP contribution in [0.4, 0.5) is 0 Å². The highest BCUT2D eigenvalue weighted by Crippen LogP contribution is 2.33. The fourth-order valence-electron chi connectivity index (χ4n) is 1.88. The minimum Gasteiger partial charge on any atom is -0.496 e. The van der Waals surface area contributed by atoms with E-state index in [0.717, 1.165) is 5.75 Å². The molecule has 0 aliphatic heterocycles. The number of aliphatic hydroxyl groups excluding tert-OH is 1. The monoisotopic (exact) mass is 208 g/mol. The second kappa shape index (κ2) is 5.17. The van der Waals surface area contributed by atoms with Crippen molar-refractivity contribution in [3.8, 4) is 5.75 Å². The van der Waals surface area contributed by atoms with Gasteiger partial charge < -0.3 is 9.84 Å². The smallest absolute Gasteiger partial charge is 0.122 e. The van der Waals surface area contributed by atoms with Crippen LogP contribution < -0.4 is 4.74 Å². The van der Waals surface area contributed by atoms with E-state index in [1.807, 2.05) is 19.1 Å². The van der Waals surface area contributed by atoms with Crippen molar-refractivity contribution in [1.82, 2.24) is 0 Å². The maximum absolute atomic E-state index is 9.22. The highest BCUT2D eigenvalue weighted by molar-refractivity contribution is 5.44. The third kappa shape index (κ3) is 2.51. The molecular formula is C13H20O2. The van der Waals surface area contributed by atoms with Gasteiger partial charge in [0, 0.05) is 18.1 Å². The second-order valence-corrected chi connectivity index (χ2v) is 4.20. The summed E-state index contributed by atoms with van der Waals surface area (Å²) in [5, 5.41) is 9.22. The lowest BCUT2D eigenvalue weighted by Crippen LogP contribution is -2.06. The Hall–Kier alpha value is -1.02. The van der Waals surface area contributed by atoms with Crippen molar-refractivity contribution in [3.05, 3.63) is 29.3 Å². The molecule has 1 rings (SSSR count). The molecule has 1 unspecified atom stereocenters. The molecule has 0 spiro atoms. The molecular weight excluding hydrogens is 188 g/mol. The van der Waals surface area contributed by atoms with E-state index in [9.17, 15) is 5.11 Å². The van der Waals surface area contributed by atoms with Gasteiger partial charge in [0.15, 0.2) is 0 Å². The van der Waals surface area contributed by atoms with Crippen molar-refractivity contribution in [1.29, 1.82) is 0 Å². The number of hydrogen-bond donors (Lipinski definition) is 1. The quantitative estimate of drug-likeness (QED) is 0.824.